The molecule has 2 aromatic rings. The number of aryl methyl sites for hydroxylation is 1. The summed E-state index contributed by atoms with van der Waals surface area (Å²) >= 11 is 5.87. The SMILES string of the molecule is Cc1cc(Cl)ccc1Nc1cccc(C(=O)O)n1. The standard InChI is InChI=1S/C13H11ClN2O2/c1-8-7-9(14)5-6-10(8)15-12-4-2-3-11(16-12)13(17)18/h2-7H,1H3,(H,15,16)(H,17,18). The van der Waals surface area contributed by atoms with E-state index in [-0.39, 0.29) is 5.69 Å². The second kappa shape index (κ2) is 5.06. The number of nitrogens with one attached hydrogen (secondary N) is 1. The van der Waals surface area contributed by atoms with Gasteiger partial charge in [0.25, 0.3) is 0 Å². The molecule has 0 spiro atoms. The zero-order valence-electron chi connectivity index (χ0n) is 9.64. The molecule has 0 unspecified atom stereocenters. The fourth-order valence-electron chi connectivity index (χ4n) is 1.53. The van der Waals surface area contributed by atoms with Gasteiger partial charge in [0.1, 0.15) is 5.82 Å². The average Bonchev–Trinajstić information content (AvgIpc) is 2.33. The predicted octanol–water partition coefficient (Wildman–Crippen LogP) is 3.49. The van der Waals surface area contributed by atoms with Crippen LogP contribution >= 0.6 is 11.6 Å². The fourth-order valence-corrected chi connectivity index (χ4v) is 1.76. The first kappa shape index (κ1) is 12.4. The van der Waals surface area contributed by atoms with Crippen molar-refractivity contribution in [1.82, 2.24) is 4.98 Å². The lowest BCUT2D eigenvalue weighted by molar-refractivity contribution is 0.0690. The molecule has 2 rings (SSSR count). The quantitative estimate of drug-likeness (QED) is 0.889. The number of benzene rings is 1. The van der Waals surface area contributed by atoms with Crippen LogP contribution in [0.25, 0.3) is 0 Å². The number of hydrogen-bond acceptors (Lipinski definition) is 3. The molecule has 0 saturated carbocycles. The monoisotopic (exact) mass is 262 g/mol. The molecule has 0 aliphatic rings. The van der Waals surface area contributed by atoms with Crippen molar-refractivity contribution in [3.8, 4) is 0 Å². The summed E-state index contributed by atoms with van der Waals surface area (Å²) in [7, 11) is 0. The number of hydrogen-bond donors (Lipinski definition) is 2. The maximum atomic E-state index is 10.8. The molecule has 0 aliphatic carbocycles. The zero-order chi connectivity index (χ0) is 13.1. The lowest BCUT2D eigenvalue weighted by Crippen LogP contribution is -2.03. The molecule has 0 bridgehead atoms. The lowest BCUT2D eigenvalue weighted by atomic mass is 10.2. The largest absolute Gasteiger partial charge is 0.477 e. The van der Waals surface area contributed by atoms with Gasteiger partial charge in [-0.1, -0.05) is 17.7 Å². The fraction of sp³-hybridized carbons (Fsp3) is 0.0769. The molecule has 1 aromatic carbocycles. The Bertz CT molecular complexity index is 599. The molecule has 5 heteroatoms. The highest BCUT2D eigenvalue weighted by atomic mass is 35.5. The smallest absolute Gasteiger partial charge is 0.354 e. The second-order valence-electron chi connectivity index (χ2n) is 3.80. The van der Waals surface area contributed by atoms with Gasteiger partial charge in [-0.15, -0.1) is 0 Å². The summed E-state index contributed by atoms with van der Waals surface area (Å²) < 4.78 is 0. The van der Waals surface area contributed by atoms with Gasteiger partial charge in [0.2, 0.25) is 0 Å². The van der Waals surface area contributed by atoms with Crippen LogP contribution in [0.5, 0.6) is 0 Å². The van der Waals surface area contributed by atoms with E-state index < -0.39 is 5.97 Å². The molecular weight excluding hydrogens is 252 g/mol. The molecule has 92 valence electrons. The summed E-state index contributed by atoms with van der Waals surface area (Å²) in [6.45, 7) is 1.91. The maximum absolute atomic E-state index is 10.8. The number of aromatic nitrogens is 1. The summed E-state index contributed by atoms with van der Waals surface area (Å²) in [5, 5.41) is 12.6. The number of nitrogens with zero attached hydrogens (tertiary/aromatic N) is 1. The Kier molecular flexibility index (Phi) is 3.48. The molecule has 0 atom stereocenters. The minimum Gasteiger partial charge on any atom is -0.477 e. The molecule has 4 nitrogen and oxygen atoms in total. The zero-order valence-corrected chi connectivity index (χ0v) is 10.4. The molecule has 0 radical (unpaired) electrons. The normalized spacial score (nSPS) is 10.1. The first-order chi connectivity index (χ1) is 8.56. The van der Waals surface area contributed by atoms with Gasteiger partial charge in [0, 0.05) is 10.7 Å². The third kappa shape index (κ3) is 2.78. The molecule has 1 heterocycles. The van der Waals surface area contributed by atoms with Gasteiger partial charge in [-0.3, -0.25) is 0 Å². The summed E-state index contributed by atoms with van der Waals surface area (Å²) in [5.74, 6) is -0.563. The van der Waals surface area contributed by atoms with Crippen molar-refractivity contribution in [3.63, 3.8) is 0 Å². The summed E-state index contributed by atoms with van der Waals surface area (Å²) in [4.78, 5) is 14.8. The predicted molar refractivity (Wildman–Crippen MR) is 70.7 cm³/mol. The van der Waals surface area contributed by atoms with E-state index in [4.69, 9.17) is 16.7 Å². The molecule has 1 aromatic heterocycles. The van der Waals surface area contributed by atoms with E-state index in [2.05, 4.69) is 10.3 Å². The van der Waals surface area contributed by atoms with Crippen molar-refractivity contribution in [3.05, 3.63) is 52.7 Å². The highest BCUT2D eigenvalue weighted by molar-refractivity contribution is 6.30. The summed E-state index contributed by atoms with van der Waals surface area (Å²) in [5.41, 5.74) is 1.81. The number of halogens is 1. The van der Waals surface area contributed by atoms with Crippen LogP contribution < -0.4 is 5.32 Å². The van der Waals surface area contributed by atoms with Crippen LogP contribution in [0.1, 0.15) is 16.1 Å². The van der Waals surface area contributed by atoms with E-state index in [0.29, 0.717) is 10.8 Å². The van der Waals surface area contributed by atoms with E-state index >= 15 is 0 Å². The Morgan fingerprint density at radius 2 is 2.11 bits per heavy atom. The summed E-state index contributed by atoms with van der Waals surface area (Å²) in [6, 6.07) is 10.2. The van der Waals surface area contributed by atoms with E-state index in [1.807, 2.05) is 19.1 Å². The molecule has 18 heavy (non-hydrogen) atoms. The Morgan fingerprint density at radius 3 is 2.78 bits per heavy atom. The number of pyridine rings is 1. The van der Waals surface area contributed by atoms with Crippen LogP contribution in [0.2, 0.25) is 5.02 Å². The number of carbonyl (C=O) groups is 1. The number of rotatable bonds is 3. The Balaban J connectivity index is 2.28. The number of anilines is 2. The van der Waals surface area contributed by atoms with Crippen molar-refractivity contribution in [2.24, 2.45) is 0 Å². The third-order valence-electron chi connectivity index (χ3n) is 2.42. The van der Waals surface area contributed by atoms with Gasteiger partial charge in [0.05, 0.1) is 0 Å². The van der Waals surface area contributed by atoms with Crippen LogP contribution in [0.15, 0.2) is 36.4 Å². The lowest BCUT2D eigenvalue weighted by Gasteiger charge is -2.09. The van der Waals surface area contributed by atoms with Crippen LogP contribution in [0.3, 0.4) is 0 Å². The Labute approximate surface area is 109 Å². The van der Waals surface area contributed by atoms with Gasteiger partial charge in [-0.05, 0) is 42.8 Å². The number of aromatic carboxylic acids is 1. The van der Waals surface area contributed by atoms with E-state index in [9.17, 15) is 4.79 Å². The minimum atomic E-state index is -1.05. The second-order valence-corrected chi connectivity index (χ2v) is 4.23. The maximum Gasteiger partial charge on any atom is 0.354 e. The molecule has 0 amide bonds. The van der Waals surface area contributed by atoms with Crippen LogP contribution in [0.4, 0.5) is 11.5 Å². The van der Waals surface area contributed by atoms with Crippen LogP contribution in [0, 0.1) is 6.92 Å². The van der Waals surface area contributed by atoms with Crippen molar-refractivity contribution < 1.29 is 9.90 Å². The summed E-state index contributed by atoms with van der Waals surface area (Å²) in [6.07, 6.45) is 0. The minimum absolute atomic E-state index is 0.00613. The average molecular weight is 263 g/mol. The van der Waals surface area contributed by atoms with Crippen LogP contribution in [-0.2, 0) is 0 Å². The molecule has 0 saturated heterocycles. The molecule has 0 fully saturated rings. The van der Waals surface area contributed by atoms with Gasteiger partial charge >= 0.3 is 5.97 Å². The van der Waals surface area contributed by atoms with Crippen molar-refractivity contribution in [2.45, 2.75) is 6.92 Å². The van der Waals surface area contributed by atoms with Crippen molar-refractivity contribution >= 4 is 29.1 Å². The van der Waals surface area contributed by atoms with Gasteiger partial charge in [-0.25, -0.2) is 9.78 Å². The Hall–Kier alpha value is -2.07. The topological polar surface area (TPSA) is 62.2 Å². The van der Waals surface area contributed by atoms with E-state index in [1.54, 1.807) is 18.2 Å². The van der Waals surface area contributed by atoms with Gasteiger partial charge in [-0.2, -0.15) is 0 Å². The molecule has 2 N–H and O–H groups in total. The highest BCUT2D eigenvalue weighted by Crippen LogP contribution is 2.22. The van der Waals surface area contributed by atoms with E-state index in [0.717, 1.165) is 11.3 Å². The van der Waals surface area contributed by atoms with Crippen molar-refractivity contribution in [2.75, 3.05) is 5.32 Å². The molecular formula is C13H11ClN2O2. The first-order valence-corrected chi connectivity index (χ1v) is 5.67. The van der Waals surface area contributed by atoms with E-state index in [1.165, 1.54) is 6.07 Å². The number of carboxylic acid groups (broad SMARTS) is 1. The van der Waals surface area contributed by atoms with Crippen molar-refractivity contribution in [1.29, 1.82) is 0 Å². The van der Waals surface area contributed by atoms with Gasteiger partial charge < -0.3 is 10.4 Å². The first-order valence-electron chi connectivity index (χ1n) is 5.30. The highest BCUT2D eigenvalue weighted by Gasteiger charge is 2.06. The van der Waals surface area contributed by atoms with Gasteiger partial charge in [0.15, 0.2) is 5.69 Å². The Morgan fingerprint density at radius 1 is 1.33 bits per heavy atom. The number of carboxylic acids is 1. The van der Waals surface area contributed by atoms with Crippen LogP contribution in [-0.4, -0.2) is 16.1 Å². The molecule has 0 aliphatic heterocycles. The third-order valence-corrected chi connectivity index (χ3v) is 2.65.